The third kappa shape index (κ3) is 5.81. The molecule has 3 nitrogen and oxygen atoms in total. The van der Waals surface area contributed by atoms with Crippen LogP contribution in [-0.2, 0) is 6.42 Å². The Hall–Kier alpha value is -2.94. The van der Waals surface area contributed by atoms with Crippen molar-refractivity contribution >= 4 is 17.6 Å². The van der Waals surface area contributed by atoms with E-state index in [1.54, 1.807) is 0 Å². The lowest BCUT2D eigenvalue weighted by atomic mass is 9.93. The minimum atomic E-state index is 0.287. The molecule has 0 radical (unpaired) electrons. The molecule has 1 unspecified atom stereocenters. The number of aromatic nitrogens is 1. The molecule has 0 amide bonds. The minimum absolute atomic E-state index is 0.287. The van der Waals surface area contributed by atoms with Crippen molar-refractivity contribution in [3.05, 3.63) is 89.8 Å². The number of rotatable bonds is 11. The Kier molecular flexibility index (Phi) is 7.62. The maximum absolute atomic E-state index is 7.71. The summed E-state index contributed by atoms with van der Waals surface area (Å²) >= 11 is 0. The van der Waals surface area contributed by atoms with Crippen LogP contribution in [0.25, 0.3) is 11.3 Å². The van der Waals surface area contributed by atoms with Crippen molar-refractivity contribution in [2.24, 2.45) is 5.92 Å². The molecule has 0 saturated heterocycles. The summed E-state index contributed by atoms with van der Waals surface area (Å²) < 4.78 is 0. The molecule has 1 fully saturated rings. The zero-order valence-electron chi connectivity index (χ0n) is 19.2. The topological polar surface area (TPSA) is 40.0 Å². The molecule has 1 aliphatic rings. The SMILES string of the molecule is C=CC(C)/C=C(\Cc1cccc(C(=C)N(C=N)CCC)c1)c1cnc(C2CC2)c(C)c1. The van der Waals surface area contributed by atoms with Gasteiger partial charge in [-0.25, -0.2) is 0 Å². The first-order chi connectivity index (χ1) is 15.0. The molecule has 1 aromatic heterocycles. The van der Waals surface area contributed by atoms with Crippen molar-refractivity contribution in [3.8, 4) is 0 Å². The fourth-order valence-corrected chi connectivity index (χ4v) is 3.95. The monoisotopic (exact) mass is 413 g/mol. The molecule has 0 aliphatic heterocycles. The van der Waals surface area contributed by atoms with Gasteiger partial charge in [-0.15, -0.1) is 6.58 Å². The van der Waals surface area contributed by atoms with Gasteiger partial charge in [-0.05, 0) is 78.5 Å². The van der Waals surface area contributed by atoms with Gasteiger partial charge in [-0.1, -0.05) is 50.8 Å². The Bertz CT molecular complexity index is 982. The maximum atomic E-state index is 7.71. The molecule has 1 aliphatic carbocycles. The summed E-state index contributed by atoms with van der Waals surface area (Å²) in [7, 11) is 0. The van der Waals surface area contributed by atoms with Crippen LogP contribution in [-0.4, -0.2) is 22.8 Å². The summed E-state index contributed by atoms with van der Waals surface area (Å²) in [5, 5.41) is 7.71. The van der Waals surface area contributed by atoms with Crippen LogP contribution in [0, 0.1) is 18.3 Å². The summed E-state index contributed by atoms with van der Waals surface area (Å²) in [6.07, 6.45) is 12.0. The second-order valence-electron chi connectivity index (χ2n) is 8.63. The zero-order valence-corrected chi connectivity index (χ0v) is 19.2. The highest BCUT2D eigenvalue weighted by molar-refractivity contribution is 5.75. The predicted octanol–water partition coefficient (Wildman–Crippen LogP) is 7.01. The van der Waals surface area contributed by atoms with Gasteiger partial charge in [0.25, 0.3) is 0 Å². The Labute approximate surface area is 187 Å². The molecule has 162 valence electrons. The van der Waals surface area contributed by atoms with Crippen LogP contribution in [0.1, 0.15) is 67.0 Å². The average Bonchev–Trinajstić information content (AvgIpc) is 3.61. The van der Waals surface area contributed by atoms with Gasteiger partial charge in [0.05, 0.1) is 6.34 Å². The van der Waals surface area contributed by atoms with Crippen molar-refractivity contribution in [2.45, 2.75) is 52.4 Å². The smallest absolute Gasteiger partial charge is 0.0861 e. The molecule has 31 heavy (non-hydrogen) atoms. The molecule has 1 saturated carbocycles. The summed E-state index contributed by atoms with van der Waals surface area (Å²) in [6.45, 7) is 15.5. The van der Waals surface area contributed by atoms with E-state index in [-0.39, 0.29) is 5.92 Å². The van der Waals surface area contributed by atoms with Crippen molar-refractivity contribution in [1.29, 1.82) is 5.41 Å². The first-order valence-electron chi connectivity index (χ1n) is 11.3. The van der Waals surface area contributed by atoms with Crippen LogP contribution in [0.15, 0.2) is 61.8 Å². The number of pyridine rings is 1. The number of nitrogens with zero attached hydrogens (tertiary/aromatic N) is 2. The van der Waals surface area contributed by atoms with Crippen LogP contribution < -0.4 is 0 Å². The molecule has 1 N–H and O–H groups in total. The van der Waals surface area contributed by atoms with E-state index in [0.717, 1.165) is 30.6 Å². The lowest BCUT2D eigenvalue weighted by Crippen LogP contribution is -2.20. The number of nitrogens with one attached hydrogen (secondary N) is 1. The summed E-state index contributed by atoms with van der Waals surface area (Å²) in [6, 6.07) is 10.8. The highest BCUT2D eigenvalue weighted by Crippen LogP contribution is 2.40. The molecule has 0 bridgehead atoms. The number of aryl methyl sites for hydroxylation is 1. The van der Waals surface area contributed by atoms with E-state index >= 15 is 0 Å². The van der Waals surface area contributed by atoms with Crippen molar-refractivity contribution in [3.63, 3.8) is 0 Å². The van der Waals surface area contributed by atoms with Gasteiger partial charge in [0, 0.05) is 30.1 Å². The largest absolute Gasteiger partial charge is 0.333 e. The second kappa shape index (κ2) is 10.4. The molecule has 1 aromatic carbocycles. The molecule has 3 rings (SSSR count). The van der Waals surface area contributed by atoms with E-state index in [2.05, 4.69) is 70.3 Å². The second-order valence-corrected chi connectivity index (χ2v) is 8.63. The molecular weight excluding hydrogens is 378 g/mol. The third-order valence-electron chi connectivity index (χ3n) is 5.91. The lowest BCUT2D eigenvalue weighted by Gasteiger charge is -2.21. The third-order valence-corrected chi connectivity index (χ3v) is 5.91. The van der Waals surface area contributed by atoms with Gasteiger partial charge in [0.1, 0.15) is 0 Å². The maximum Gasteiger partial charge on any atom is 0.0861 e. The molecule has 3 heteroatoms. The van der Waals surface area contributed by atoms with Gasteiger partial charge in [0.2, 0.25) is 0 Å². The Morgan fingerprint density at radius 1 is 1.29 bits per heavy atom. The van der Waals surface area contributed by atoms with Crippen molar-refractivity contribution in [1.82, 2.24) is 9.88 Å². The van der Waals surface area contributed by atoms with E-state index in [1.807, 2.05) is 17.2 Å². The van der Waals surface area contributed by atoms with Crippen LogP contribution in [0.2, 0.25) is 0 Å². The van der Waals surface area contributed by atoms with Crippen molar-refractivity contribution < 1.29 is 0 Å². The minimum Gasteiger partial charge on any atom is -0.333 e. The summed E-state index contributed by atoms with van der Waals surface area (Å²) in [5.41, 5.74) is 8.17. The Morgan fingerprint density at radius 3 is 2.68 bits per heavy atom. The van der Waals surface area contributed by atoms with Crippen LogP contribution in [0.5, 0.6) is 0 Å². The standard InChI is InChI=1S/C28H35N3/c1-6-13-31(19-29)22(5)25-10-8-9-23(16-25)17-26(14-20(3)7-2)27-15-21(4)28(30-18-27)24-11-12-24/h7-10,14-16,18-20,24,29H,2,5-6,11-13,17H2,1,3-4H3/b26-14+,29-19?. The summed E-state index contributed by atoms with van der Waals surface area (Å²) in [5.74, 6) is 0.950. The lowest BCUT2D eigenvalue weighted by molar-refractivity contribution is 0.584. The van der Waals surface area contributed by atoms with E-state index < -0.39 is 0 Å². The van der Waals surface area contributed by atoms with Gasteiger partial charge in [-0.3, -0.25) is 10.4 Å². The first kappa shape index (κ1) is 22.7. The van der Waals surface area contributed by atoms with Crippen molar-refractivity contribution in [2.75, 3.05) is 6.54 Å². The number of hydrogen-bond acceptors (Lipinski definition) is 2. The molecule has 1 heterocycles. The highest BCUT2D eigenvalue weighted by atomic mass is 15.1. The number of benzene rings is 1. The fourth-order valence-electron chi connectivity index (χ4n) is 3.95. The zero-order chi connectivity index (χ0) is 22.4. The number of hydrogen-bond donors (Lipinski definition) is 1. The van der Waals surface area contributed by atoms with Crippen LogP contribution in [0.4, 0.5) is 0 Å². The quantitative estimate of drug-likeness (QED) is 0.245. The Balaban J connectivity index is 1.89. The van der Waals surface area contributed by atoms with Gasteiger partial charge in [0.15, 0.2) is 0 Å². The van der Waals surface area contributed by atoms with Crippen LogP contribution >= 0.6 is 0 Å². The summed E-state index contributed by atoms with van der Waals surface area (Å²) in [4.78, 5) is 6.73. The molecule has 1 atom stereocenters. The van der Waals surface area contributed by atoms with E-state index in [0.29, 0.717) is 5.92 Å². The van der Waals surface area contributed by atoms with Crippen LogP contribution in [0.3, 0.4) is 0 Å². The highest BCUT2D eigenvalue weighted by Gasteiger charge is 2.26. The molecular formula is C28H35N3. The van der Waals surface area contributed by atoms with Gasteiger partial charge in [-0.2, -0.15) is 0 Å². The van der Waals surface area contributed by atoms with Gasteiger partial charge >= 0.3 is 0 Å². The Morgan fingerprint density at radius 2 is 2.06 bits per heavy atom. The average molecular weight is 414 g/mol. The molecule has 2 aromatic rings. The van der Waals surface area contributed by atoms with E-state index in [4.69, 9.17) is 10.4 Å². The fraction of sp³-hybridized carbons (Fsp3) is 0.357. The normalized spacial score (nSPS) is 14.7. The van der Waals surface area contributed by atoms with Gasteiger partial charge < -0.3 is 4.90 Å². The van der Waals surface area contributed by atoms with E-state index in [9.17, 15) is 0 Å². The predicted molar refractivity (Wildman–Crippen MR) is 133 cm³/mol. The molecule has 0 spiro atoms. The number of allylic oxidation sites excluding steroid dienone is 3. The van der Waals surface area contributed by atoms with E-state index in [1.165, 1.54) is 47.1 Å². The first-order valence-corrected chi connectivity index (χ1v) is 11.3.